The van der Waals surface area contributed by atoms with Gasteiger partial charge in [-0.05, 0) is 55.9 Å². The van der Waals surface area contributed by atoms with Gasteiger partial charge in [0.1, 0.15) is 5.75 Å². The van der Waals surface area contributed by atoms with Gasteiger partial charge in [0.2, 0.25) is 10.0 Å². The number of benzene rings is 1. The molecule has 0 aliphatic carbocycles. The molecule has 0 amide bonds. The van der Waals surface area contributed by atoms with Crippen molar-refractivity contribution in [3.63, 3.8) is 0 Å². The third kappa shape index (κ3) is 4.00. The maximum atomic E-state index is 12.7. The van der Waals surface area contributed by atoms with E-state index in [9.17, 15) is 8.42 Å². The lowest BCUT2D eigenvalue weighted by Crippen LogP contribution is -2.52. The summed E-state index contributed by atoms with van der Waals surface area (Å²) in [6, 6.07) is 5.05. The van der Waals surface area contributed by atoms with Crippen molar-refractivity contribution >= 4 is 10.0 Å². The maximum Gasteiger partial charge on any atom is 0.241 e. The highest BCUT2D eigenvalue weighted by atomic mass is 32.2. The van der Waals surface area contributed by atoms with Crippen LogP contribution in [0.4, 0.5) is 0 Å². The summed E-state index contributed by atoms with van der Waals surface area (Å²) in [5.74, 6) is 1.14. The summed E-state index contributed by atoms with van der Waals surface area (Å²) in [6.07, 6.45) is 2.45. The summed E-state index contributed by atoms with van der Waals surface area (Å²) < 4.78 is 33.6. The molecule has 1 aromatic rings. The van der Waals surface area contributed by atoms with E-state index in [1.165, 1.54) is 0 Å². The Kier molecular flexibility index (Phi) is 5.14. The van der Waals surface area contributed by atoms with Crippen molar-refractivity contribution in [2.75, 3.05) is 13.2 Å². The van der Waals surface area contributed by atoms with E-state index in [0.717, 1.165) is 24.2 Å². The molecule has 1 aliphatic heterocycles. The van der Waals surface area contributed by atoms with Crippen LogP contribution in [0, 0.1) is 5.92 Å². The number of hydrogen-bond donors (Lipinski definition) is 2. The zero-order valence-electron chi connectivity index (χ0n) is 13.6. The minimum atomic E-state index is -3.59. The Labute approximate surface area is 133 Å². The highest BCUT2D eigenvalue weighted by molar-refractivity contribution is 7.89. The van der Waals surface area contributed by atoms with Crippen LogP contribution >= 0.6 is 0 Å². The largest absolute Gasteiger partial charge is 0.493 e. The third-order valence-corrected chi connectivity index (χ3v) is 5.52. The molecule has 124 valence electrons. The second kappa shape index (κ2) is 6.56. The number of sulfonamides is 1. The first-order valence-electron chi connectivity index (χ1n) is 7.75. The van der Waals surface area contributed by atoms with E-state index in [-0.39, 0.29) is 11.4 Å². The van der Waals surface area contributed by atoms with Gasteiger partial charge in [-0.3, -0.25) is 0 Å². The van der Waals surface area contributed by atoms with E-state index in [4.69, 9.17) is 10.5 Å². The normalized spacial score (nSPS) is 17.7. The molecule has 1 heterocycles. The number of hydrogen-bond acceptors (Lipinski definition) is 4. The predicted octanol–water partition coefficient (Wildman–Crippen LogP) is 2.05. The highest BCUT2D eigenvalue weighted by Gasteiger charge is 2.30. The van der Waals surface area contributed by atoms with Gasteiger partial charge in [0, 0.05) is 12.1 Å². The Balaban J connectivity index is 2.26. The van der Waals surface area contributed by atoms with Gasteiger partial charge < -0.3 is 10.5 Å². The van der Waals surface area contributed by atoms with Crippen LogP contribution in [0.15, 0.2) is 23.1 Å². The molecule has 1 aromatic carbocycles. The molecule has 5 nitrogen and oxygen atoms in total. The molecule has 0 radical (unpaired) electrons. The van der Waals surface area contributed by atoms with Crippen LogP contribution in [-0.2, 0) is 16.4 Å². The van der Waals surface area contributed by atoms with Gasteiger partial charge in [0.15, 0.2) is 0 Å². The fraction of sp³-hybridized carbons (Fsp3) is 0.625. The van der Waals surface area contributed by atoms with Gasteiger partial charge in [-0.2, -0.15) is 0 Å². The second-order valence-electron chi connectivity index (χ2n) is 6.69. The average Bonchev–Trinajstić information content (AvgIpc) is 2.45. The number of rotatable bonds is 6. The standard InChI is InChI=1S/C16H26N2O3S/c1-12(2)10-16(3,11-17)18-22(19,20)14-6-7-15-13(9-14)5-4-8-21-15/h6-7,9,12,18H,4-5,8,10-11,17H2,1-3H3. The molecule has 0 saturated heterocycles. The predicted molar refractivity (Wildman–Crippen MR) is 87.5 cm³/mol. The molecule has 22 heavy (non-hydrogen) atoms. The maximum absolute atomic E-state index is 12.7. The monoisotopic (exact) mass is 326 g/mol. The lowest BCUT2D eigenvalue weighted by molar-refractivity contribution is 0.288. The molecule has 0 spiro atoms. The van der Waals surface area contributed by atoms with Gasteiger partial charge in [-0.1, -0.05) is 13.8 Å². The lowest BCUT2D eigenvalue weighted by atomic mass is 9.92. The van der Waals surface area contributed by atoms with Gasteiger partial charge >= 0.3 is 0 Å². The quantitative estimate of drug-likeness (QED) is 0.838. The molecule has 0 bridgehead atoms. The van der Waals surface area contributed by atoms with Crippen LogP contribution in [0.2, 0.25) is 0 Å². The molecular weight excluding hydrogens is 300 g/mol. The molecular formula is C16H26N2O3S. The van der Waals surface area contributed by atoms with Gasteiger partial charge in [-0.25, -0.2) is 13.1 Å². The minimum absolute atomic E-state index is 0.262. The molecule has 1 unspecified atom stereocenters. The smallest absolute Gasteiger partial charge is 0.241 e. The topological polar surface area (TPSA) is 81.4 Å². The number of aryl methyl sites for hydroxylation is 1. The minimum Gasteiger partial charge on any atom is -0.493 e. The Bertz CT molecular complexity index is 628. The molecule has 0 fully saturated rings. The van der Waals surface area contributed by atoms with Crippen LogP contribution < -0.4 is 15.2 Å². The van der Waals surface area contributed by atoms with E-state index in [0.29, 0.717) is 18.9 Å². The first-order valence-corrected chi connectivity index (χ1v) is 9.24. The van der Waals surface area contributed by atoms with Gasteiger partial charge in [0.05, 0.1) is 11.5 Å². The first kappa shape index (κ1) is 17.2. The van der Waals surface area contributed by atoms with Crippen LogP contribution in [0.5, 0.6) is 5.75 Å². The lowest BCUT2D eigenvalue weighted by Gasteiger charge is -2.31. The zero-order valence-corrected chi connectivity index (χ0v) is 14.4. The SMILES string of the molecule is CC(C)CC(C)(CN)NS(=O)(=O)c1ccc2c(c1)CCCO2. The zero-order chi connectivity index (χ0) is 16.4. The van der Waals surface area contributed by atoms with Crippen molar-refractivity contribution in [2.45, 2.75) is 50.5 Å². The Hall–Kier alpha value is -1.11. The van der Waals surface area contributed by atoms with Crippen molar-refractivity contribution in [3.8, 4) is 5.75 Å². The second-order valence-corrected chi connectivity index (χ2v) is 8.37. The van der Waals surface area contributed by atoms with Crippen molar-refractivity contribution in [1.29, 1.82) is 0 Å². The molecule has 6 heteroatoms. The summed E-state index contributed by atoms with van der Waals surface area (Å²) >= 11 is 0. The molecule has 0 saturated carbocycles. The number of fused-ring (bicyclic) bond motifs is 1. The van der Waals surface area contributed by atoms with Gasteiger partial charge in [-0.15, -0.1) is 0 Å². The Morgan fingerprint density at radius 3 is 2.77 bits per heavy atom. The van der Waals surface area contributed by atoms with Crippen LogP contribution in [0.1, 0.15) is 39.2 Å². The van der Waals surface area contributed by atoms with E-state index in [1.807, 2.05) is 6.92 Å². The molecule has 1 aliphatic rings. The fourth-order valence-corrected chi connectivity index (χ4v) is 4.43. The fourth-order valence-electron chi connectivity index (χ4n) is 2.95. The summed E-state index contributed by atoms with van der Waals surface area (Å²) in [7, 11) is -3.59. The first-order chi connectivity index (χ1) is 10.3. The Morgan fingerprint density at radius 2 is 2.14 bits per heavy atom. The average molecular weight is 326 g/mol. The van der Waals surface area contributed by atoms with Crippen LogP contribution in [0.25, 0.3) is 0 Å². The van der Waals surface area contributed by atoms with E-state index in [2.05, 4.69) is 18.6 Å². The van der Waals surface area contributed by atoms with Crippen molar-refractivity contribution in [3.05, 3.63) is 23.8 Å². The van der Waals surface area contributed by atoms with Gasteiger partial charge in [0.25, 0.3) is 0 Å². The summed E-state index contributed by atoms with van der Waals surface area (Å²) in [6.45, 7) is 6.92. The summed E-state index contributed by atoms with van der Waals surface area (Å²) in [4.78, 5) is 0.278. The summed E-state index contributed by atoms with van der Waals surface area (Å²) in [5.41, 5.74) is 6.12. The number of nitrogens with two attached hydrogens (primary N) is 1. The molecule has 0 aromatic heterocycles. The van der Waals surface area contributed by atoms with Crippen molar-refractivity contribution in [2.24, 2.45) is 11.7 Å². The summed E-state index contributed by atoms with van der Waals surface area (Å²) in [5, 5.41) is 0. The molecule has 2 rings (SSSR count). The van der Waals surface area contributed by atoms with Crippen molar-refractivity contribution in [1.82, 2.24) is 4.72 Å². The van der Waals surface area contributed by atoms with E-state index in [1.54, 1.807) is 18.2 Å². The Morgan fingerprint density at radius 1 is 1.41 bits per heavy atom. The van der Waals surface area contributed by atoms with E-state index < -0.39 is 15.6 Å². The highest BCUT2D eigenvalue weighted by Crippen LogP contribution is 2.28. The molecule has 1 atom stereocenters. The van der Waals surface area contributed by atoms with Crippen molar-refractivity contribution < 1.29 is 13.2 Å². The number of nitrogens with one attached hydrogen (secondary N) is 1. The number of ether oxygens (including phenoxy) is 1. The third-order valence-electron chi connectivity index (χ3n) is 3.88. The van der Waals surface area contributed by atoms with Crippen LogP contribution in [0.3, 0.4) is 0 Å². The van der Waals surface area contributed by atoms with Crippen LogP contribution in [-0.4, -0.2) is 27.1 Å². The molecule has 3 N–H and O–H groups in total. The van der Waals surface area contributed by atoms with E-state index >= 15 is 0 Å².